The highest BCUT2D eigenvalue weighted by atomic mass is 16.5. The molecule has 3 nitrogen and oxygen atoms in total. The van der Waals surface area contributed by atoms with E-state index in [1.807, 2.05) is 0 Å². The number of aliphatic hydroxyl groups is 2. The number of aliphatic hydroxyl groups excluding tert-OH is 1. The summed E-state index contributed by atoms with van der Waals surface area (Å²) in [5.74, 6) is 0. The molecule has 1 aliphatic heterocycles. The molecule has 1 saturated carbocycles. The van der Waals surface area contributed by atoms with Crippen LogP contribution in [0, 0.1) is 0 Å². The van der Waals surface area contributed by atoms with Crippen LogP contribution in [0.15, 0.2) is 0 Å². The van der Waals surface area contributed by atoms with E-state index in [-0.39, 0.29) is 12.2 Å². The summed E-state index contributed by atoms with van der Waals surface area (Å²) in [6.45, 7) is 0.958. The summed E-state index contributed by atoms with van der Waals surface area (Å²) in [4.78, 5) is 0. The van der Waals surface area contributed by atoms with Crippen molar-refractivity contribution in [3.63, 3.8) is 0 Å². The normalized spacial score (nSPS) is 41.2. The quantitative estimate of drug-likeness (QED) is 0.750. The molecule has 2 aliphatic rings. The van der Waals surface area contributed by atoms with Crippen LogP contribution in [0.2, 0.25) is 0 Å². The van der Waals surface area contributed by atoms with E-state index in [4.69, 9.17) is 9.84 Å². The van der Waals surface area contributed by atoms with Crippen molar-refractivity contribution in [3.8, 4) is 0 Å². The van der Waals surface area contributed by atoms with E-state index in [2.05, 4.69) is 0 Å². The number of rotatable bonds is 3. The Hall–Kier alpha value is -0.120. The smallest absolute Gasteiger partial charge is 0.0968 e. The van der Waals surface area contributed by atoms with Gasteiger partial charge in [0.25, 0.3) is 0 Å². The topological polar surface area (TPSA) is 49.7 Å². The van der Waals surface area contributed by atoms with E-state index >= 15 is 0 Å². The molecule has 0 bridgehead atoms. The van der Waals surface area contributed by atoms with Crippen molar-refractivity contribution < 1.29 is 14.9 Å². The van der Waals surface area contributed by atoms with Crippen LogP contribution in [0.5, 0.6) is 0 Å². The molecule has 15 heavy (non-hydrogen) atoms. The molecule has 0 aromatic rings. The van der Waals surface area contributed by atoms with Gasteiger partial charge in [0.1, 0.15) is 0 Å². The first-order chi connectivity index (χ1) is 7.22. The van der Waals surface area contributed by atoms with Crippen LogP contribution < -0.4 is 0 Å². The predicted molar refractivity (Wildman–Crippen MR) is 57.7 cm³/mol. The van der Waals surface area contributed by atoms with Crippen molar-refractivity contribution in [1.82, 2.24) is 0 Å². The van der Waals surface area contributed by atoms with Crippen molar-refractivity contribution >= 4 is 0 Å². The maximum Gasteiger partial charge on any atom is 0.0968 e. The van der Waals surface area contributed by atoms with Crippen LogP contribution >= 0.6 is 0 Å². The Balaban J connectivity index is 2.10. The Bertz CT molecular complexity index is 211. The molecule has 2 atom stereocenters. The first kappa shape index (κ1) is 11.4. The minimum Gasteiger partial charge on any atom is -0.396 e. The molecule has 0 radical (unpaired) electrons. The highest BCUT2D eigenvalue weighted by Gasteiger charge is 2.53. The molecule has 0 aromatic carbocycles. The molecule has 0 amide bonds. The number of hydrogen-bond acceptors (Lipinski definition) is 3. The molecular weight excluding hydrogens is 192 g/mol. The van der Waals surface area contributed by atoms with E-state index in [1.54, 1.807) is 0 Å². The van der Waals surface area contributed by atoms with Gasteiger partial charge >= 0.3 is 0 Å². The molecule has 2 fully saturated rings. The largest absolute Gasteiger partial charge is 0.396 e. The van der Waals surface area contributed by atoms with E-state index < -0.39 is 5.60 Å². The fraction of sp³-hybridized carbons (Fsp3) is 1.00. The van der Waals surface area contributed by atoms with Gasteiger partial charge in [-0.2, -0.15) is 0 Å². The molecule has 2 N–H and O–H groups in total. The molecular formula is C12H22O3. The molecule has 0 aromatic heterocycles. The van der Waals surface area contributed by atoms with Gasteiger partial charge in [0.15, 0.2) is 0 Å². The monoisotopic (exact) mass is 214 g/mol. The summed E-state index contributed by atoms with van der Waals surface area (Å²) in [7, 11) is 0. The molecule has 1 spiro atoms. The summed E-state index contributed by atoms with van der Waals surface area (Å²) < 4.78 is 5.86. The first-order valence-electron chi connectivity index (χ1n) is 6.20. The van der Waals surface area contributed by atoms with Gasteiger partial charge in [-0.25, -0.2) is 0 Å². The van der Waals surface area contributed by atoms with Gasteiger partial charge in [-0.3, -0.25) is 0 Å². The molecule has 88 valence electrons. The van der Waals surface area contributed by atoms with Gasteiger partial charge in [-0.15, -0.1) is 0 Å². The highest BCUT2D eigenvalue weighted by Crippen LogP contribution is 2.48. The maximum atomic E-state index is 10.7. The third kappa shape index (κ3) is 1.93. The highest BCUT2D eigenvalue weighted by molar-refractivity contribution is 5.05. The Labute approximate surface area is 91.4 Å². The molecule has 1 aliphatic carbocycles. The first-order valence-corrected chi connectivity index (χ1v) is 6.20. The SMILES string of the molecule is OCCC[C@]1(O)CCCC[C@@]12CCCO2. The molecule has 2 rings (SSSR count). The van der Waals surface area contributed by atoms with E-state index in [1.165, 1.54) is 6.42 Å². The Kier molecular flexibility index (Phi) is 3.33. The Morgan fingerprint density at radius 1 is 1.07 bits per heavy atom. The zero-order valence-corrected chi connectivity index (χ0v) is 9.37. The lowest BCUT2D eigenvalue weighted by Gasteiger charge is -2.48. The zero-order chi connectivity index (χ0) is 10.8. The standard InChI is InChI=1S/C12H22O3/c13-9-3-6-11(14)5-1-2-7-12(11)8-4-10-15-12/h13-14H,1-10H2/t11-,12-/m1/s1. The number of hydrogen-bond donors (Lipinski definition) is 2. The second-order valence-corrected chi connectivity index (χ2v) is 5.01. The third-order valence-electron chi connectivity index (χ3n) is 4.12. The van der Waals surface area contributed by atoms with E-state index in [9.17, 15) is 5.11 Å². The van der Waals surface area contributed by atoms with Crippen molar-refractivity contribution in [1.29, 1.82) is 0 Å². The van der Waals surface area contributed by atoms with Gasteiger partial charge in [0.05, 0.1) is 11.2 Å². The lowest BCUT2D eigenvalue weighted by molar-refractivity contribution is -0.186. The summed E-state index contributed by atoms with van der Waals surface area (Å²) in [6.07, 6.45) is 7.53. The van der Waals surface area contributed by atoms with Crippen LogP contribution in [0.1, 0.15) is 51.4 Å². The van der Waals surface area contributed by atoms with Gasteiger partial charge in [0.2, 0.25) is 0 Å². The molecule has 1 heterocycles. The molecule has 3 heteroatoms. The van der Waals surface area contributed by atoms with Gasteiger partial charge in [-0.1, -0.05) is 12.8 Å². The van der Waals surface area contributed by atoms with E-state index in [0.29, 0.717) is 12.8 Å². The van der Waals surface area contributed by atoms with Gasteiger partial charge in [0, 0.05) is 13.2 Å². The molecule has 0 unspecified atom stereocenters. The predicted octanol–water partition coefficient (Wildman–Crippen LogP) is 1.61. The second-order valence-electron chi connectivity index (χ2n) is 5.01. The summed E-state index contributed by atoms with van der Waals surface area (Å²) in [6, 6.07) is 0. The minimum absolute atomic E-state index is 0.165. The van der Waals surface area contributed by atoms with Crippen molar-refractivity contribution in [2.45, 2.75) is 62.6 Å². The van der Waals surface area contributed by atoms with Gasteiger partial charge in [-0.05, 0) is 38.5 Å². The van der Waals surface area contributed by atoms with Gasteiger partial charge < -0.3 is 14.9 Å². The average molecular weight is 214 g/mol. The van der Waals surface area contributed by atoms with Crippen LogP contribution in [0.4, 0.5) is 0 Å². The van der Waals surface area contributed by atoms with Crippen molar-refractivity contribution in [2.75, 3.05) is 13.2 Å². The van der Waals surface area contributed by atoms with Crippen LogP contribution in [0.3, 0.4) is 0 Å². The summed E-state index contributed by atoms with van der Waals surface area (Å²) in [5, 5.41) is 19.6. The number of ether oxygens (including phenoxy) is 1. The maximum absolute atomic E-state index is 10.7. The fourth-order valence-corrected chi connectivity index (χ4v) is 3.27. The third-order valence-corrected chi connectivity index (χ3v) is 4.12. The van der Waals surface area contributed by atoms with Crippen LogP contribution in [0.25, 0.3) is 0 Å². The lowest BCUT2D eigenvalue weighted by atomic mass is 9.68. The molecule has 1 saturated heterocycles. The minimum atomic E-state index is -0.676. The Morgan fingerprint density at radius 2 is 1.80 bits per heavy atom. The second kappa shape index (κ2) is 4.40. The van der Waals surface area contributed by atoms with Crippen LogP contribution in [-0.2, 0) is 4.74 Å². The summed E-state index contributed by atoms with van der Waals surface area (Å²) >= 11 is 0. The zero-order valence-electron chi connectivity index (χ0n) is 9.37. The fourth-order valence-electron chi connectivity index (χ4n) is 3.27. The summed E-state index contributed by atoms with van der Waals surface area (Å²) in [5.41, 5.74) is -0.953. The van der Waals surface area contributed by atoms with E-state index in [0.717, 1.165) is 38.7 Å². The van der Waals surface area contributed by atoms with Crippen molar-refractivity contribution in [2.24, 2.45) is 0 Å². The lowest BCUT2D eigenvalue weighted by Crippen LogP contribution is -2.56. The Morgan fingerprint density at radius 3 is 2.47 bits per heavy atom. The van der Waals surface area contributed by atoms with Crippen LogP contribution in [-0.4, -0.2) is 34.6 Å². The average Bonchev–Trinajstić information content (AvgIpc) is 2.71. The van der Waals surface area contributed by atoms with Crippen molar-refractivity contribution in [3.05, 3.63) is 0 Å².